The van der Waals surface area contributed by atoms with Crippen LogP contribution >= 0.6 is 0 Å². The van der Waals surface area contributed by atoms with Crippen LogP contribution in [-0.4, -0.2) is 29.0 Å². The predicted octanol–water partition coefficient (Wildman–Crippen LogP) is 5.03. The molecule has 0 fully saturated rings. The number of carbonyl (C=O) groups is 3. The Bertz CT molecular complexity index is 642. The quantitative estimate of drug-likeness (QED) is 0.223. The fraction of sp³-hybridized carbons (Fsp3) is 0.625. The second-order valence-electron chi connectivity index (χ2n) is 7.71. The molecule has 1 aromatic rings. The highest BCUT2D eigenvalue weighted by atomic mass is 16.5. The number of esters is 1. The Labute approximate surface area is 180 Å². The molecule has 0 saturated carbocycles. The number of carboxylic acids is 1. The lowest BCUT2D eigenvalue weighted by Crippen LogP contribution is -2.42. The van der Waals surface area contributed by atoms with E-state index in [1.807, 2.05) is 0 Å². The number of hydrogen-bond donors (Lipinski definition) is 2. The molecule has 0 saturated heterocycles. The maximum atomic E-state index is 12.1. The van der Waals surface area contributed by atoms with Crippen LogP contribution in [0, 0.1) is 0 Å². The van der Waals surface area contributed by atoms with Crippen LogP contribution in [0.5, 0.6) is 5.75 Å². The smallest absolute Gasteiger partial charge is 0.326 e. The van der Waals surface area contributed by atoms with Crippen molar-refractivity contribution in [2.24, 2.45) is 0 Å². The topological polar surface area (TPSA) is 92.7 Å². The van der Waals surface area contributed by atoms with Gasteiger partial charge in [-0.05, 0) is 24.1 Å². The molecule has 0 aliphatic rings. The van der Waals surface area contributed by atoms with Crippen LogP contribution in [0.1, 0.15) is 90.0 Å². The lowest BCUT2D eigenvalue weighted by molar-refractivity contribution is -0.141. The molecular formula is C24H37NO5. The Kier molecular flexibility index (Phi) is 13.2. The van der Waals surface area contributed by atoms with Gasteiger partial charge in [0.05, 0.1) is 0 Å². The number of carboxylic acid groups (broad SMARTS) is 1. The van der Waals surface area contributed by atoms with Gasteiger partial charge in [0.1, 0.15) is 11.8 Å². The minimum Gasteiger partial charge on any atom is -0.480 e. The number of amides is 1. The van der Waals surface area contributed by atoms with Gasteiger partial charge in [0, 0.05) is 19.3 Å². The molecule has 0 aliphatic carbocycles. The SMILES string of the molecule is CCCCCCCCCCCC(=O)N[C@@H](Cc1ccc(OC(=O)CC)cc1)C(=O)O. The van der Waals surface area contributed by atoms with Gasteiger partial charge in [-0.1, -0.05) is 77.3 Å². The van der Waals surface area contributed by atoms with Crippen molar-refractivity contribution in [3.05, 3.63) is 29.8 Å². The van der Waals surface area contributed by atoms with Crippen LogP contribution in [0.3, 0.4) is 0 Å². The second-order valence-corrected chi connectivity index (χ2v) is 7.71. The van der Waals surface area contributed by atoms with Gasteiger partial charge in [0.2, 0.25) is 5.91 Å². The van der Waals surface area contributed by atoms with Crippen molar-refractivity contribution in [3.63, 3.8) is 0 Å². The number of benzene rings is 1. The summed E-state index contributed by atoms with van der Waals surface area (Å²) in [7, 11) is 0. The average Bonchev–Trinajstić information content (AvgIpc) is 2.73. The van der Waals surface area contributed by atoms with Crippen molar-refractivity contribution in [1.29, 1.82) is 0 Å². The molecule has 0 spiro atoms. The highest BCUT2D eigenvalue weighted by Crippen LogP contribution is 2.15. The number of aliphatic carboxylic acids is 1. The summed E-state index contributed by atoms with van der Waals surface area (Å²) in [6, 6.07) is 5.71. The average molecular weight is 420 g/mol. The minimum atomic E-state index is -1.06. The number of hydrogen-bond acceptors (Lipinski definition) is 4. The molecule has 0 bridgehead atoms. The summed E-state index contributed by atoms with van der Waals surface area (Å²) in [6.45, 7) is 3.92. The molecule has 1 amide bonds. The number of unbranched alkanes of at least 4 members (excludes halogenated alkanes) is 8. The molecule has 30 heavy (non-hydrogen) atoms. The Balaban J connectivity index is 2.31. The van der Waals surface area contributed by atoms with E-state index in [1.165, 1.54) is 38.5 Å². The van der Waals surface area contributed by atoms with Crippen LogP contribution in [0.4, 0.5) is 0 Å². The maximum absolute atomic E-state index is 12.1. The first kappa shape index (κ1) is 25.7. The van der Waals surface area contributed by atoms with E-state index in [9.17, 15) is 19.5 Å². The highest BCUT2D eigenvalue weighted by Gasteiger charge is 2.20. The zero-order chi connectivity index (χ0) is 22.2. The molecule has 6 nitrogen and oxygen atoms in total. The van der Waals surface area contributed by atoms with E-state index in [-0.39, 0.29) is 24.7 Å². The van der Waals surface area contributed by atoms with Crippen molar-refractivity contribution < 1.29 is 24.2 Å². The van der Waals surface area contributed by atoms with E-state index in [0.717, 1.165) is 24.8 Å². The van der Waals surface area contributed by atoms with Gasteiger partial charge >= 0.3 is 11.9 Å². The molecule has 0 aromatic heterocycles. The number of nitrogens with one attached hydrogen (secondary N) is 1. The van der Waals surface area contributed by atoms with E-state index in [0.29, 0.717) is 12.2 Å². The van der Waals surface area contributed by atoms with Gasteiger partial charge in [0.25, 0.3) is 0 Å². The molecule has 0 aliphatic heterocycles. The number of rotatable bonds is 16. The summed E-state index contributed by atoms with van der Waals surface area (Å²) < 4.78 is 5.11. The van der Waals surface area contributed by atoms with Crippen molar-refractivity contribution in [3.8, 4) is 5.75 Å². The molecule has 2 N–H and O–H groups in total. The Morgan fingerprint density at radius 2 is 1.47 bits per heavy atom. The summed E-state index contributed by atoms with van der Waals surface area (Å²) in [5.41, 5.74) is 0.752. The normalized spacial score (nSPS) is 11.7. The van der Waals surface area contributed by atoms with Crippen molar-refractivity contribution in [2.45, 2.75) is 96.9 Å². The van der Waals surface area contributed by atoms with Crippen molar-refractivity contribution in [1.82, 2.24) is 5.32 Å². The molecule has 6 heteroatoms. The van der Waals surface area contributed by atoms with E-state index in [1.54, 1.807) is 31.2 Å². The number of ether oxygens (including phenoxy) is 1. The summed E-state index contributed by atoms with van der Waals surface area (Å²) in [6.07, 6.45) is 11.3. The number of carbonyl (C=O) groups excluding carboxylic acids is 2. The van der Waals surface area contributed by atoms with Crippen molar-refractivity contribution >= 4 is 17.8 Å². The third kappa shape index (κ3) is 11.6. The predicted molar refractivity (Wildman–Crippen MR) is 117 cm³/mol. The van der Waals surface area contributed by atoms with E-state index in [4.69, 9.17) is 4.74 Å². The third-order valence-electron chi connectivity index (χ3n) is 5.02. The molecule has 168 valence electrons. The zero-order valence-electron chi connectivity index (χ0n) is 18.5. The Morgan fingerprint density at radius 3 is 2.00 bits per heavy atom. The largest absolute Gasteiger partial charge is 0.480 e. The van der Waals surface area contributed by atoms with Crippen LogP contribution < -0.4 is 10.1 Å². The monoisotopic (exact) mass is 419 g/mol. The lowest BCUT2D eigenvalue weighted by atomic mass is 10.0. The first-order valence-electron chi connectivity index (χ1n) is 11.3. The van der Waals surface area contributed by atoms with Gasteiger partial charge in [-0.25, -0.2) is 4.79 Å². The Morgan fingerprint density at radius 1 is 0.900 bits per heavy atom. The molecular weight excluding hydrogens is 382 g/mol. The first-order chi connectivity index (χ1) is 14.5. The lowest BCUT2D eigenvalue weighted by Gasteiger charge is -2.15. The molecule has 1 atom stereocenters. The summed E-state index contributed by atoms with van der Waals surface area (Å²) in [5.74, 6) is -1.18. The summed E-state index contributed by atoms with van der Waals surface area (Å²) in [4.78, 5) is 35.0. The highest BCUT2D eigenvalue weighted by molar-refractivity contribution is 5.83. The fourth-order valence-corrected chi connectivity index (χ4v) is 3.20. The van der Waals surface area contributed by atoms with Crippen LogP contribution in [-0.2, 0) is 20.8 Å². The van der Waals surface area contributed by atoms with Crippen molar-refractivity contribution in [2.75, 3.05) is 0 Å². The van der Waals surface area contributed by atoms with E-state index in [2.05, 4.69) is 12.2 Å². The second kappa shape index (κ2) is 15.5. The Hall–Kier alpha value is -2.37. The molecule has 1 rings (SSSR count). The molecule has 0 radical (unpaired) electrons. The summed E-state index contributed by atoms with van der Waals surface area (Å²) in [5, 5.41) is 12.1. The standard InChI is InChI=1S/C24H37NO5/c1-3-5-6-7-8-9-10-11-12-13-22(26)25-21(24(28)29)18-19-14-16-20(17-15-19)30-23(27)4-2/h14-17,21H,3-13,18H2,1-2H3,(H,25,26)(H,28,29)/t21-/m0/s1. The molecule has 0 unspecified atom stereocenters. The van der Waals surface area contributed by atoms with E-state index >= 15 is 0 Å². The van der Waals surface area contributed by atoms with Gasteiger partial charge in [0.15, 0.2) is 0 Å². The summed E-state index contributed by atoms with van der Waals surface area (Å²) >= 11 is 0. The van der Waals surface area contributed by atoms with E-state index < -0.39 is 12.0 Å². The zero-order valence-corrected chi connectivity index (χ0v) is 18.5. The maximum Gasteiger partial charge on any atom is 0.326 e. The van der Waals surface area contributed by atoms with Gasteiger partial charge in [-0.2, -0.15) is 0 Å². The van der Waals surface area contributed by atoms with Gasteiger partial charge in [-0.3, -0.25) is 9.59 Å². The molecule has 0 heterocycles. The fourth-order valence-electron chi connectivity index (χ4n) is 3.20. The van der Waals surface area contributed by atoms with Gasteiger partial charge < -0.3 is 15.2 Å². The van der Waals surface area contributed by atoms with Crippen LogP contribution in [0.15, 0.2) is 24.3 Å². The van der Waals surface area contributed by atoms with Crippen LogP contribution in [0.25, 0.3) is 0 Å². The van der Waals surface area contributed by atoms with Crippen LogP contribution in [0.2, 0.25) is 0 Å². The first-order valence-corrected chi connectivity index (χ1v) is 11.3. The third-order valence-corrected chi connectivity index (χ3v) is 5.02. The minimum absolute atomic E-state index is 0.181. The molecule has 1 aromatic carbocycles. The van der Waals surface area contributed by atoms with Gasteiger partial charge in [-0.15, -0.1) is 0 Å².